The van der Waals surface area contributed by atoms with E-state index in [2.05, 4.69) is 30.3 Å². The molecule has 3 aromatic heterocycles. The zero-order chi connectivity index (χ0) is 24.1. The fourth-order valence-corrected chi connectivity index (χ4v) is 5.27. The van der Waals surface area contributed by atoms with Crippen LogP contribution in [0.3, 0.4) is 0 Å². The number of morpholine rings is 1. The molecule has 4 aromatic rings. The lowest BCUT2D eigenvalue weighted by atomic mass is 9.92. The summed E-state index contributed by atoms with van der Waals surface area (Å²) in [5.41, 5.74) is 2.40. The van der Waals surface area contributed by atoms with Crippen molar-refractivity contribution in [2.45, 2.75) is 37.4 Å². The van der Waals surface area contributed by atoms with Crippen molar-refractivity contribution in [3.05, 3.63) is 48.8 Å². The van der Waals surface area contributed by atoms with Crippen LogP contribution in [-0.2, 0) is 9.47 Å². The minimum atomic E-state index is -0.497. The maximum absolute atomic E-state index is 14.8. The minimum absolute atomic E-state index is 0.213. The number of benzene rings is 1. The zero-order valence-corrected chi connectivity index (χ0v) is 19.5. The second-order valence-corrected chi connectivity index (χ2v) is 9.50. The van der Waals surface area contributed by atoms with Crippen molar-refractivity contribution in [3.63, 3.8) is 0 Å². The van der Waals surface area contributed by atoms with Gasteiger partial charge in [0.2, 0.25) is 11.9 Å². The van der Waals surface area contributed by atoms with E-state index in [1.807, 2.05) is 29.1 Å². The van der Waals surface area contributed by atoms with E-state index < -0.39 is 5.82 Å². The van der Waals surface area contributed by atoms with E-state index in [-0.39, 0.29) is 5.69 Å². The quantitative estimate of drug-likeness (QED) is 0.452. The van der Waals surface area contributed by atoms with E-state index in [0.717, 1.165) is 68.2 Å². The average Bonchev–Trinajstić information content (AvgIpc) is 3.39. The molecular weight excluding hydrogens is 463 g/mol. The number of anilines is 3. The summed E-state index contributed by atoms with van der Waals surface area (Å²) in [6, 6.07) is 6.59. The lowest BCUT2D eigenvalue weighted by Gasteiger charge is -2.52. The molecule has 0 saturated carbocycles. The predicted molar refractivity (Wildman–Crippen MR) is 131 cm³/mol. The second kappa shape index (κ2) is 8.75. The van der Waals surface area contributed by atoms with Gasteiger partial charge in [-0.1, -0.05) is 6.07 Å². The van der Waals surface area contributed by atoms with Crippen molar-refractivity contribution in [3.8, 4) is 11.3 Å². The highest BCUT2D eigenvalue weighted by Crippen LogP contribution is 2.35. The van der Waals surface area contributed by atoms with Crippen LogP contribution >= 0.6 is 0 Å². The van der Waals surface area contributed by atoms with Gasteiger partial charge in [-0.2, -0.15) is 5.10 Å². The number of hydrogen-bond donors (Lipinski definition) is 1. The van der Waals surface area contributed by atoms with Crippen molar-refractivity contribution in [1.82, 2.24) is 29.7 Å². The van der Waals surface area contributed by atoms with E-state index in [1.165, 1.54) is 6.20 Å². The summed E-state index contributed by atoms with van der Waals surface area (Å²) in [6.07, 6.45) is 9.61. The molecule has 0 aliphatic carbocycles. The van der Waals surface area contributed by atoms with E-state index >= 15 is 0 Å². The van der Waals surface area contributed by atoms with Crippen LogP contribution in [0.5, 0.6) is 0 Å². The normalized spacial score (nSPS) is 22.0. The molecule has 1 N–H and O–H groups in total. The topological polar surface area (TPSA) is 103 Å². The third kappa shape index (κ3) is 3.84. The molecule has 3 aliphatic rings. The van der Waals surface area contributed by atoms with Crippen LogP contribution in [0.4, 0.5) is 22.0 Å². The maximum Gasteiger partial charge on any atom is 0.228 e. The van der Waals surface area contributed by atoms with Crippen LogP contribution in [0.2, 0.25) is 0 Å². The Bertz CT molecular complexity index is 1410. The Kier molecular flexibility index (Phi) is 5.24. The summed E-state index contributed by atoms with van der Waals surface area (Å²) in [6.45, 7) is 2.92. The summed E-state index contributed by atoms with van der Waals surface area (Å²) in [5.74, 6) is 0.528. The average molecular weight is 489 g/mol. The van der Waals surface area contributed by atoms with Gasteiger partial charge in [-0.3, -0.25) is 4.68 Å². The van der Waals surface area contributed by atoms with Gasteiger partial charge in [-0.25, -0.2) is 24.3 Å². The van der Waals surface area contributed by atoms with Crippen LogP contribution in [0.1, 0.15) is 25.3 Å². The van der Waals surface area contributed by atoms with Crippen LogP contribution in [0.25, 0.3) is 22.2 Å². The van der Waals surface area contributed by atoms with E-state index in [0.29, 0.717) is 29.6 Å². The van der Waals surface area contributed by atoms with E-state index in [1.54, 1.807) is 12.4 Å². The molecule has 184 valence electrons. The number of fused-ring (bicyclic) bond motifs is 3. The number of aromatic nitrogens is 6. The summed E-state index contributed by atoms with van der Waals surface area (Å²) in [4.78, 5) is 20.2. The van der Waals surface area contributed by atoms with Crippen molar-refractivity contribution < 1.29 is 13.9 Å². The third-order valence-electron chi connectivity index (χ3n) is 7.19. The van der Waals surface area contributed by atoms with Crippen molar-refractivity contribution in [2.75, 3.05) is 36.6 Å². The maximum atomic E-state index is 14.8. The first-order chi connectivity index (χ1) is 17.7. The Morgan fingerprint density at radius 1 is 0.944 bits per heavy atom. The van der Waals surface area contributed by atoms with Gasteiger partial charge in [-0.15, -0.1) is 0 Å². The number of hydrogen-bond acceptors (Lipinski definition) is 9. The van der Waals surface area contributed by atoms with Gasteiger partial charge >= 0.3 is 0 Å². The van der Waals surface area contributed by atoms with Crippen LogP contribution < -0.4 is 10.2 Å². The van der Waals surface area contributed by atoms with Crippen LogP contribution in [-0.4, -0.2) is 68.2 Å². The largest absolute Gasteiger partial charge is 0.381 e. The second-order valence-electron chi connectivity index (χ2n) is 9.50. The minimum Gasteiger partial charge on any atom is -0.381 e. The molecule has 0 amide bonds. The highest BCUT2D eigenvalue weighted by atomic mass is 19.1. The molecule has 0 spiro atoms. The molecule has 2 atom stereocenters. The fourth-order valence-electron chi connectivity index (χ4n) is 5.27. The van der Waals surface area contributed by atoms with Crippen molar-refractivity contribution >= 4 is 28.5 Å². The van der Waals surface area contributed by atoms with Crippen molar-refractivity contribution in [2.24, 2.45) is 0 Å². The lowest BCUT2D eigenvalue weighted by Crippen LogP contribution is -2.64. The van der Waals surface area contributed by atoms with Crippen LogP contribution in [0, 0.1) is 5.82 Å². The Balaban J connectivity index is 1.13. The monoisotopic (exact) mass is 488 g/mol. The summed E-state index contributed by atoms with van der Waals surface area (Å²) < 4.78 is 27.7. The first-order valence-electron chi connectivity index (χ1n) is 12.3. The molecule has 1 aromatic carbocycles. The summed E-state index contributed by atoms with van der Waals surface area (Å²) >= 11 is 0. The van der Waals surface area contributed by atoms with Gasteiger partial charge in [0.25, 0.3) is 0 Å². The third-order valence-corrected chi connectivity index (χ3v) is 7.19. The highest BCUT2D eigenvalue weighted by Gasteiger charge is 2.43. The Hall–Kier alpha value is -3.70. The molecule has 7 rings (SSSR count). The Morgan fingerprint density at radius 2 is 1.81 bits per heavy atom. The molecule has 11 heteroatoms. The Morgan fingerprint density at radius 3 is 2.64 bits per heavy atom. The van der Waals surface area contributed by atoms with E-state index in [9.17, 15) is 4.39 Å². The summed E-state index contributed by atoms with van der Waals surface area (Å²) in [5, 5.41) is 8.43. The standard InChI is InChI=1S/C25H25FN8O2/c26-21-11-27-24(30-17-10-29-33(12-17)18-3-5-35-6-4-18)32-23(21)15-1-2-22-16(7-15)9-28-25(31-22)34-19-8-20(34)14-36-13-19/h1-2,7,9-12,18-20H,3-6,8,13-14H2,(H,27,30,32). The summed E-state index contributed by atoms with van der Waals surface area (Å²) in [7, 11) is 0. The van der Waals surface area contributed by atoms with Gasteiger partial charge in [-0.05, 0) is 31.4 Å². The molecule has 2 bridgehead atoms. The van der Waals surface area contributed by atoms with Crippen molar-refractivity contribution in [1.29, 1.82) is 0 Å². The lowest BCUT2D eigenvalue weighted by molar-refractivity contribution is 0.00911. The van der Waals surface area contributed by atoms with Gasteiger partial charge in [0.1, 0.15) is 5.69 Å². The van der Waals surface area contributed by atoms with Gasteiger partial charge in [0.15, 0.2) is 5.82 Å². The first-order valence-corrected chi connectivity index (χ1v) is 12.3. The number of nitrogens with zero attached hydrogens (tertiary/aromatic N) is 7. The molecule has 0 radical (unpaired) electrons. The molecule has 10 nitrogen and oxygen atoms in total. The molecule has 6 heterocycles. The number of rotatable bonds is 5. The highest BCUT2D eigenvalue weighted by molar-refractivity contribution is 5.84. The number of halogens is 1. The molecule has 3 fully saturated rings. The molecule has 2 unspecified atom stereocenters. The zero-order valence-electron chi connectivity index (χ0n) is 19.5. The van der Waals surface area contributed by atoms with Crippen LogP contribution in [0.15, 0.2) is 43.0 Å². The molecule has 3 aliphatic heterocycles. The van der Waals surface area contributed by atoms with E-state index in [4.69, 9.17) is 14.5 Å². The Labute approximate surface area is 206 Å². The van der Waals surface area contributed by atoms with Gasteiger partial charge in [0, 0.05) is 36.6 Å². The molecular formula is C25H25FN8O2. The predicted octanol–water partition coefficient (Wildman–Crippen LogP) is 3.50. The fraction of sp³-hybridized carbons (Fsp3) is 0.400. The molecule has 3 saturated heterocycles. The number of nitrogens with one attached hydrogen (secondary N) is 1. The first kappa shape index (κ1) is 21.6. The SMILES string of the molecule is Fc1cnc(Nc2cnn(C3CCOCC3)c2)nc1-c1ccc2nc(N3C4COCC3C4)ncc2c1. The number of ether oxygens (including phenoxy) is 2. The smallest absolute Gasteiger partial charge is 0.228 e. The van der Waals surface area contributed by atoms with Gasteiger partial charge in [0.05, 0.1) is 54.9 Å². The van der Waals surface area contributed by atoms with Gasteiger partial charge < -0.3 is 19.7 Å². The molecule has 36 heavy (non-hydrogen) atoms.